The van der Waals surface area contributed by atoms with E-state index in [2.05, 4.69) is 15.1 Å². The molecule has 3 aromatic rings. The van der Waals surface area contributed by atoms with E-state index in [0.717, 1.165) is 16.7 Å². The van der Waals surface area contributed by atoms with Crippen molar-refractivity contribution in [2.24, 2.45) is 5.73 Å². The standard InChI is InChI=1S/C15H14N4O/c16-9-11-3-1-5-13(7-11)15-18-14(19-20-15)8-12-4-2-6-17-10-12/h1-7,10H,8-9,16H2. The van der Waals surface area contributed by atoms with Crippen LogP contribution in [0, 0.1) is 0 Å². The van der Waals surface area contributed by atoms with Crippen molar-refractivity contribution in [3.63, 3.8) is 0 Å². The van der Waals surface area contributed by atoms with Crippen LogP contribution in [0.5, 0.6) is 0 Å². The molecule has 5 heteroatoms. The summed E-state index contributed by atoms with van der Waals surface area (Å²) in [5.41, 5.74) is 8.61. The summed E-state index contributed by atoms with van der Waals surface area (Å²) in [7, 11) is 0. The number of aromatic nitrogens is 3. The van der Waals surface area contributed by atoms with Crippen LogP contribution in [0.4, 0.5) is 0 Å². The van der Waals surface area contributed by atoms with Crippen LogP contribution in [0.3, 0.4) is 0 Å². The fourth-order valence-corrected chi connectivity index (χ4v) is 1.96. The minimum absolute atomic E-state index is 0.491. The maximum atomic E-state index is 5.63. The molecule has 3 rings (SSSR count). The molecule has 0 aliphatic rings. The van der Waals surface area contributed by atoms with Gasteiger partial charge in [-0.15, -0.1) is 0 Å². The first-order chi connectivity index (χ1) is 9.85. The second-order valence-corrected chi connectivity index (χ2v) is 4.46. The third-order valence-electron chi connectivity index (χ3n) is 2.96. The molecule has 0 atom stereocenters. The van der Waals surface area contributed by atoms with Crippen LogP contribution in [-0.4, -0.2) is 15.1 Å². The smallest absolute Gasteiger partial charge is 0.257 e. The van der Waals surface area contributed by atoms with Gasteiger partial charge in [0.05, 0.1) is 0 Å². The van der Waals surface area contributed by atoms with Gasteiger partial charge in [0.1, 0.15) is 0 Å². The average molecular weight is 266 g/mol. The highest BCUT2D eigenvalue weighted by Crippen LogP contribution is 2.19. The Balaban J connectivity index is 1.83. The molecule has 2 N–H and O–H groups in total. The van der Waals surface area contributed by atoms with Gasteiger partial charge in [-0.2, -0.15) is 4.98 Å². The summed E-state index contributed by atoms with van der Waals surface area (Å²) < 4.78 is 5.30. The van der Waals surface area contributed by atoms with Gasteiger partial charge in [0.2, 0.25) is 0 Å². The topological polar surface area (TPSA) is 77.8 Å². The van der Waals surface area contributed by atoms with E-state index in [1.54, 1.807) is 12.4 Å². The quantitative estimate of drug-likeness (QED) is 0.783. The Morgan fingerprint density at radius 3 is 2.80 bits per heavy atom. The molecule has 0 bridgehead atoms. The number of pyridine rings is 1. The zero-order valence-electron chi connectivity index (χ0n) is 10.9. The molecule has 5 nitrogen and oxygen atoms in total. The molecule has 0 fully saturated rings. The van der Waals surface area contributed by atoms with E-state index < -0.39 is 0 Å². The molecule has 0 amide bonds. The van der Waals surface area contributed by atoms with Crippen LogP contribution in [0.2, 0.25) is 0 Å². The van der Waals surface area contributed by atoms with Crippen LogP contribution in [0.1, 0.15) is 17.0 Å². The Bertz CT molecular complexity index is 694. The normalized spacial score (nSPS) is 10.7. The van der Waals surface area contributed by atoms with Gasteiger partial charge in [-0.3, -0.25) is 4.98 Å². The highest BCUT2D eigenvalue weighted by molar-refractivity contribution is 5.54. The first kappa shape index (κ1) is 12.5. The number of nitrogens with two attached hydrogens (primary N) is 1. The number of benzene rings is 1. The van der Waals surface area contributed by atoms with Crippen molar-refractivity contribution >= 4 is 0 Å². The van der Waals surface area contributed by atoms with Crippen molar-refractivity contribution in [2.75, 3.05) is 0 Å². The fraction of sp³-hybridized carbons (Fsp3) is 0.133. The molecule has 1 aromatic carbocycles. The third-order valence-corrected chi connectivity index (χ3v) is 2.96. The molecule has 0 unspecified atom stereocenters. The molecule has 0 aliphatic heterocycles. The first-order valence-corrected chi connectivity index (χ1v) is 6.36. The van der Waals surface area contributed by atoms with Gasteiger partial charge < -0.3 is 10.3 Å². The second kappa shape index (κ2) is 5.63. The summed E-state index contributed by atoms with van der Waals surface area (Å²) in [6, 6.07) is 11.7. The summed E-state index contributed by atoms with van der Waals surface area (Å²) >= 11 is 0. The molecule has 2 heterocycles. The maximum absolute atomic E-state index is 5.63. The molecule has 20 heavy (non-hydrogen) atoms. The van der Waals surface area contributed by atoms with Crippen molar-refractivity contribution in [3.05, 3.63) is 65.7 Å². The minimum atomic E-state index is 0.491. The Labute approximate surface area is 116 Å². The number of hydrogen-bond donors (Lipinski definition) is 1. The van der Waals surface area contributed by atoms with Crippen LogP contribution in [0.15, 0.2) is 53.3 Å². The lowest BCUT2D eigenvalue weighted by Gasteiger charge is -1.98. The van der Waals surface area contributed by atoms with Crippen molar-refractivity contribution in [2.45, 2.75) is 13.0 Å². The van der Waals surface area contributed by atoms with Crippen LogP contribution in [0.25, 0.3) is 11.5 Å². The van der Waals surface area contributed by atoms with E-state index in [0.29, 0.717) is 24.7 Å². The largest absolute Gasteiger partial charge is 0.334 e. The zero-order chi connectivity index (χ0) is 13.8. The molecule has 0 spiro atoms. The van der Waals surface area contributed by atoms with Gasteiger partial charge in [0.25, 0.3) is 5.89 Å². The summed E-state index contributed by atoms with van der Waals surface area (Å²) in [5, 5.41) is 4.00. The Morgan fingerprint density at radius 2 is 2.00 bits per heavy atom. The average Bonchev–Trinajstić information content (AvgIpc) is 2.97. The van der Waals surface area contributed by atoms with Crippen LogP contribution in [-0.2, 0) is 13.0 Å². The number of nitrogens with zero attached hydrogens (tertiary/aromatic N) is 3. The molecule has 2 aromatic heterocycles. The monoisotopic (exact) mass is 266 g/mol. The first-order valence-electron chi connectivity index (χ1n) is 6.36. The van der Waals surface area contributed by atoms with Gasteiger partial charge in [-0.25, -0.2) is 0 Å². The molecular formula is C15H14N4O. The molecular weight excluding hydrogens is 252 g/mol. The van der Waals surface area contributed by atoms with Crippen molar-refractivity contribution in [3.8, 4) is 11.5 Å². The van der Waals surface area contributed by atoms with Crippen LogP contribution >= 0.6 is 0 Å². The second-order valence-electron chi connectivity index (χ2n) is 4.46. The predicted octanol–water partition coefficient (Wildman–Crippen LogP) is 2.18. The SMILES string of the molecule is NCc1cccc(-c2nc(Cc3cccnc3)no2)c1. The molecule has 0 saturated heterocycles. The lowest BCUT2D eigenvalue weighted by molar-refractivity contribution is 0.424. The molecule has 0 aliphatic carbocycles. The van der Waals surface area contributed by atoms with Crippen molar-refractivity contribution in [1.82, 2.24) is 15.1 Å². The maximum Gasteiger partial charge on any atom is 0.257 e. The van der Waals surface area contributed by atoms with E-state index >= 15 is 0 Å². The zero-order valence-corrected chi connectivity index (χ0v) is 10.9. The van der Waals surface area contributed by atoms with Crippen molar-refractivity contribution < 1.29 is 4.52 Å². The van der Waals surface area contributed by atoms with E-state index in [1.807, 2.05) is 36.4 Å². The summed E-state index contributed by atoms with van der Waals surface area (Å²) in [6.45, 7) is 0.491. The summed E-state index contributed by atoms with van der Waals surface area (Å²) in [5.74, 6) is 1.16. The molecule has 0 radical (unpaired) electrons. The highest BCUT2D eigenvalue weighted by atomic mass is 16.5. The van der Waals surface area contributed by atoms with Gasteiger partial charge >= 0.3 is 0 Å². The highest BCUT2D eigenvalue weighted by Gasteiger charge is 2.09. The minimum Gasteiger partial charge on any atom is -0.334 e. The molecule has 0 saturated carbocycles. The summed E-state index contributed by atoms with van der Waals surface area (Å²) in [6.07, 6.45) is 4.14. The fourth-order valence-electron chi connectivity index (χ4n) is 1.96. The molecule has 100 valence electrons. The van der Waals surface area contributed by atoms with Gasteiger partial charge in [-0.05, 0) is 29.3 Å². The van der Waals surface area contributed by atoms with E-state index in [4.69, 9.17) is 10.3 Å². The lowest BCUT2D eigenvalue weighted by atomic mass is 10.1. The van der Waals surface area contributed by atoms with E-state index in [-0.39, 0.29) is 0 Å². The number of hydrogen-bond acceptors (Lipinski definition) is 5. The Hall–Kier alpha value is -2.53. The van der Waals surface area contributed by atoms with Crippen LogP contribution < -0.4 is 5.73 Å². The van der Waals surface area contributed by atoms with Gasteiger partial charge in [0, 0.05) is 30.9 Å². The van der Waals surface area contributed by atoms with Crippen molar-refractivity contribution in [1.29, 1.82) is 0 Å². The predicted molar refractivity (Wildman–Crippen MR) is 74.7 cm³/mol. The lowest BCUT2D eigenvalue weighted by Crippen LogP contribution is -1.95. The number of rotatable bonds is 4. The van der Waals surface area contributed by atoms with Gasteiger partial charge in [-0.1, -0.05) is 23.4 Å². The van der Waals surface area contributed by atoms with Gasteiger partial charge in [0.15, 0.2) is 5.82 Å². The van der Waals surface area contributed by atoms with E-state index in [9.17, 15) is 0 Å². The third kappa shape index (κ3) is 2.73. The van der Waals surface area contributed by atoms with E-state index in [1.165, 1.54) is 0 Å². The Kier molecular flexibility index (Phi) is 3.52. The Morgan fingerprint density at radius 1 is 1.10 bits per heavy atom. The summed E-state index contributed by atoms with van der Waals surface area (Å²) in [4.78, 5) is 8.47.